The fourth-order valence-corrected chi connectivity index (χ4v) is 3.84. The Labute approximate surface area is 153 Å². The molecule has 0 saturated carbocycles. The average molecular weight is 353 g/mol. The van der Waals surface area contributed by atoms with Crippen molar-refractivity contribution < 1.29 is 14.3 Å². The molecule has 2 aliphatic heterocycles. The Kier molecular flexibility index (Phi) is 4.59. The molecule has 4 heterocycles. The second kappa shape index (κ2) is 7.03. The summed E-state index contributed by atoms with van der Waals surface area (Å²) < 4.78 is 12.1. The highest BCUT2D eigenvalue weighted by atomic mass is 16.6. The number of hydrogen-bond acceptors (Lipinski definition) is 5. The van der Waals surface area contributed by atoms with Gasteiger partial charge in [-0.05, 0) is 43.5 Å². The van der Waals surface area contributed by atoms with Gasteiger partial charge in [0, 0.05) is 31.4 Å². The van der Waals surface area contributed by atoms with Gasteiger partial charge in [-0.15, -0.1) is 0 Å². The van der Waals surface area contributed by atoms with Crippen LogP contribution in [0.1, 0.15) is 35.3 Å². The molecule has 2 aliphatic rings. The third-order valence-corrected chi connectivity index (χ3v) is 5.06. The second-order valence-corrected chi connectivity index (χ2v) is 7.15. The summed E-state index contributed by atoms with van der Waals surface area (Å²) in [5, 5.41) is 0. The number of nitrogens with zero attached hydrogens (tertiary/aromatic N) is 3. The first-order valence-corrected chi connectivity index (χ1v) is 9.07. The van der Waals surface area contributed by atoms with Crippen molar-refractivity contribution in [2.24, 2.45) is 0 Å². The maximum absolute atomic E-state index is 12.8. The molecule has 0 aliphatic carbocycles. The summed E-state index contributed by atoms with van der Waals surface area (Å²) in [6.45, 7) is 3.83. The Balaban J connectivity index is 1.42. The molecule has 4 rings (SSSR count). The second-order valence-electron chi connectivity index (χ2n) is 7.15. The average Bonchev–Trinajstić information content (AvgIpc) is 3.03. The van der Waals surface area contributed by atoms with Gasteiger partial charge in [0.2, 0.25) is 5.88 Å². The number of likely N-dealkylation sites (tertiary alicyclic amines) is 1. The van der Waals surface area contributed by atoms with Crippen LogP contribution in [0.4, 0.5) is 0 Å². The van der Waals surface area contributed by atoms with Gasteiger partial charge in [0.1, 0.15) is 11.8 Å². The molecule has 26 heavy (non-hydrogen) atoms. The highest BCUT2D eigenvalue weighted by Gasteiger charge is 2.45. The van der Waals surface area contributed by atoms with Gasteiger partial charge in [0.25, 0.3) is 5.91 Å². The van der Waals surface area contributed by atoms with Crippen LogP contribution in [0.2, 0.25) is 0 Å². The van der Waals surface area contributed by atoms with Gasteiger partial charge in [-0.3, -0.25) is 9.78 Å². The SMILES string of the molecule is Cc1ccnc(C(=O)N2CCC[C@]3(C[C@H](Oc4ccccn4)CO3)C2)c1. The van der Waals surface area contributed by atoms with Crippen molar-refractivity contribution in [2.45, 2.75) is 37.9 Å². The molecular formula is C20H23N3O3. The Morgan fingerprint density at radius 1 is 1.31 bits per heavy atom. The van der Waals surface area contributed by atoms with Crippen LogP contribution < -0.4 is 4.74 Å². The molecule has 0 bridgehead atoms. The Morgan fingerprint density at radius 2 is 2.23 bits per heavy atom. The molecule has 136 valence electrons. The van der Waals surface area contributed by atoms with Gasteiger partial charge in [-0.1, -0.05) is 6.07 Å². The molecule has 2 fully saturated rings. The minimum absolute atomic E-state index is 0.0227. The fourth-order valence-electron chi connectivity index (χ4n) is 3.84. The molecule has 2 saturated heterocycles. The van der Waals surface area contributed by atoms with E-state index < -0.39 is 0 Å². The van der Waals surface area contributed by atoms with Crippen LogP contribution in [0.3, 0.4) is 0 Å². The number of aromatic nitrogens is 2. The zero-order valence-electron chi connectivity index (χ0n) is 14.9. The van der Waals surface area contributed by atoms with E-state index in [0.717, 1.165) is 31.4 Å². The quantitative estimate of drug-likeness (QED) is 0.849. The van der Waals surface area contributed by atoms with Crippen LogP contribution in [-0.2, 0) is 4.74 Å². The monoisotopic (exact) mass is 353 g/mol. The van der Waals surface area contributed by atoms with Crippen molar-refractivity contribution >= 4 is 5.91 Å². The van der Waals surface area contributed by atoms with E-state index in [9.17, 15) is 4.79 Å². The molecule has 2 atom stereocenters. The van der Waals surface area contributed by atoms with E-state index in [0.29, 0.717) is 24.7 Å². The third-order valence-electron chi connectivity index (χ3n) is 5.06. The summed E-state index contributed by atoms with van der Waals surface area (Å²) in [7, 11) is 0. The minimum Gasteiger partial charge on any atom is -0.472 e. The van der Waals surface area contributed by atoms with Crippen molar-refractivity contribution in [1.82, 2.24) is 14.9 Å². The number of carbonyl (C=O) groups excluding carboxylic acids is 1. The smallest absolute Gasteiger partial charge is 0.272 e. The largest absolute Gasteiger partial charge is 0.472 e. The van der Waals surface area contributed by atoms with E-state index in [1.807, 2.05) is 42.2 Å². The molecule has 0 aromatic carbocycles. The van der Waals surface area contributed by atoms with Gasteiger partial charge in [-0.2, -0.15) is 0 Å². The summed E-state index contributed by atoms with van der Waals surface area (Å²) in [6.07, 6.45) is 6.02. The molecule has 1 spiro atoms. The summed E-state index contributed by atoms with van der Waals surface area (Å²) in [6, 6.07) is 9.36. The standard InChI is InChI=1S/C20H23N3O3/c1-15-6-9-21-17(11-15)19(24)23-10-4-7-20(14-23)12-16(13-25-20)26-18-5-2-3-8-22-18/h2-3,5-6,8-9,11,16H,4,7,10,12-14H2,1H3/t16-,20-/m0/s1. The van der Waals surface area contributed by atoms with Crippen LogP contribution in [0.25, 0.3) is 0 Å². The summed E-state index contributed by atoms with van der Waals surface area (Å²) in [5.74, 6) is 0.594. The van der Waals surface area contributed by atoms with Gasteiger partial charge in [-0.25, -0.2) is 4.98 Å². The molecule has 0 N–H and O–H groups in total. The number of piperidine rings is 1. The van der Waals surface area contributed by atoms with E-state index in [-0.39, 0.29) is 17.6 Å². The molecule has 6 nitrogen and oxygen atoms in total. The van der Waals surface area contributed by atoms with Gasteiger partial charge in [0.15, 0.2) is 0 Å². The van der Waals surface area contributed by atoms with Gasteiger partial charge < -0.3 is 14.4 Å². The molecule has 2 aromatic rings. The van der Waals surface area contributed by atoms with Crippen LogP contribution in [0.5, 0.6) is 5.88 Å². The van der Waals surface area contributed by atoms with Gasteiger partial charge in [0.05, 0.1) is 18.8 Å². The summed E-state index contributed by atoms with van der Waals surface area (Å²) in [5.41, 5.74) is 1.22. The number of rotatable bonds is 3. The topological polar surface area (TPSA) is 64.6 Å². The third kappa shape index (κ3) is 3.55. The maximum atomic E-state index is 12.8. The van der Waals surface area contributed by atoms with E-state index in [4.69, 9.17) is 9.47 Å². The maximum Gasteiger partial charge on any atom is 0.272 e. The first kappa shape index (κ1) is 17.0. The van der Waals surface area contributed by atoms with Crippen LogP contribution in [0, 0.1) is 6.92 Å². The lowest BCUT2D eigenvalue weighted by atomic mass is 9.89. The normalized spacial score (nSPS) is 25.4. The molecule has 0 unspecified atom stereocenters. The predicted molar refractivity (Wildman–Crippen MR) is 96.1 cm³/mol. The van der Waals surface area contributed by atoms with Gasteiger partial charge >= 0.3 is 0 Å². The summed E-state index contributed by atoms with van der Waals surface area (Å²) in [4.78, 5) is 23.2. The zero-order chi connectivity index (χ0) is 18.0. The molecular weight excluding hydrogens is 330 g/mol. The minimum atomic E-state index is -0.322. The number of ether oxygens (including phenoxy) is 2. The summed E-state index contributed by atoms with van der Waals surface area (Å²) >= 11 is 0. The number of carbonyl (C=O) groups is 1. The highest BCUT2D eigenvalue weighted by Crippen LogP contribution is 2.36. The van der Waals surface area contributed by atoms with E-state index in [1.165, 1.54) is 0 Å². The van der Waals surface area contributed by atoms with E-state index >= 15 is 0 Å². The Morgan fingerprint density at radius 3 is 3.04 bits per heavy atom. The first-order valence-electron chi connectivity index (χ1n) is 9.07. The number of hydrogen-bond donors (Lipinski definition) is 0. The molecule has 2 aromatic heterocycles. The highest BCUT2D eigenvalue weighted by molar-refractivity contribution is 5.92. The molecule has 0 radical (unpaired) electrons. The first-order chi connectivity index (χ1) is 12.6. The molecule has 1 amide bonds. The van der Waals surface area contributed by atoms with E-state index in [2.05, 4.69) is 9.97 Å². The number of pyridine rings is 2. The van der Waals surface area contributed by atoms with Crippen molar-refractivity contribution in [2.75, 3.05) is 19.7 Å². The Hall–Kier alpha value is -2.47. The lowest BCUT2D eigenvalue weighted by molar-refractivity contribution is -0.0454. The van der Waals surface area contributed by atoms with Crippen LogP contribution >= 0.6 is 0 Å². The zero-order valence-corrected chi connectivity index (χ0v) is 14.9. The lowest BCUT2D eigenvalue weighted by Gasteiger charge is -2.39. The van der Waals surface area contributed by atoms with Crippen molar-refractivity contribution in [3.63, 3.8) is 0 Å². The van der Waals surface area contributed by atoms with Crippen LogP contribution in [-0.4, -0.2) is 52.2 Å². The van der Waals surface area contributed by atoms with E-state index in [1.54, 1.807) is 12.4 Å². The Bertz CT molecular complexity index is 783. The van der Waals surface area contributed by atoms with Crippen molar-refractivity contribution in [3.05, 3.63) is 54.0 Å². The predicted octanol–water partition coefficient (Wildman–Crippen LogP) is 2.63. The number of aryl methyl sites for hydroxylation is 1. The lowest BCUT2D eigenvalue weighted by Crippen LogP contribution is -2.50. The van der Waals surface area contributed by atoms with Crippen molar-refractivity contribution in [1.29, 1.82) is 0 Å². The van der Waals surface area contributed by atoms with Crippen molar-refractivity contribution in [3.8, 4) is 5.88 Å². The number of amides is 1. The molecule has 6 heteroatoms. The van der Waals surface area contributed by atoms with Crippen LogP contribution in [0.15, 0.2) is 42.7 Å². The fraction of sp³-hybridized carbons (Fsp3) is 0.450.